The lowest BCUT2D eigenvalue weighted by Gasteiger charge is -2.12. The van der Waals surface area contributed by atoms with Crippen molar-refractivity contribution in [2.75, 3.05) is 20.0 Å². The lowest BCUT2D eigenvalue weighted by Crippen LogP contribution is -2.15. The molecule has 2 aromatic carbocycles. The highest BCUT2D eigenvalue weighted by molar-refractivity contribution is 7.99. The summed E-state index contributed by atoms with van der Waals surface area (Å²) in [5, 5.41) is 1.78. The van der Waals surface area contributed by atoms with E-state index < -0.39 is 11.7 Å². The first-order valence-corrected chi connectivity index (χ1v) is 9.83. The van der Waals surface area contributed by atoms with Gasteiger partial charge in [-0.25, -0.2) is 4.98 Å². The molecule has 0 bridgehead atoms. The Balaban J connectivity index is 1.83. The fraction of sp³-hybridized carbons (Fsp3) is 0.227. The zero-order chi connectivity index (χ0) is 20.9. The van der Waals surface area contributed by atoms with Crippen LogP contribution in [0.3, 0.4) is 0 Å². The van der Waals surface area contributed by atoms with E-state index in [0.717, 1.165) is 27.6 Å². The van der Waals surface area contributed by atoms with Gasteiger partial charge in [0.2, 0.25) is 0 Å². The summed E-state index contributed by atoms with van der Waals surface area (Å²) in [5.74, 6) is 0.597. The van der Waals surface area contributed by atoms with Gasteiger partial charge in [-0.15, -0.1) is 11.8 Å². The average molecular weight is 419 g/mol. The number of methoxy groups -OCH3 is 2. The molecule has 1 heterocycles. The molecular weight excluding hydrogens is 399 g/mol. The summed E-state index contributed by atoms with van der Waals surface area (Å²) in [6, 6.07) is 15.0. The van der Waals surface area contributed by atoms with Crippen molar-refractivity contribution in [3.63, 3.8) is 0 Å². The minimum Gasteiger partial charge on any atom is -0.355 e. The van der Waals surface area contributed by atoms with Crippen molar-refractivity contribution in [1.82, 2.24) is 4.98 Å². The summed E-state index contributed by atoms with van der Waals surface area (Å²) >= 11 is 1.51. The molecular formula is C22H20F3NO2S. The first kappa shape index (κ1) is 21.4. The molecule has 0 amide bonds. The molecule has 0 spiro atoms. The van der Waals surface area contributed by atoms with E-state index in [0.29, 0.717) is 5.75 Å². The van der Waals surface area contributed by atoms with E-state index in [1.165, 1.54) is 30.0 Å². The standard InChI is InChI=1S/C22H20F3NO2S/c1-27-21(28-2)14-29-20-12-11-17-10-8-15(13-19(17)26-20)7-9-16-5-3-4-6-18(16)22(23,24)25/h3-13,21H,14H2,1-2H3/b9-7+. The van der Waals surface area contributed by atoms with E-state index in [9.17, 15) is 13.2 Å². The SMILES string of the molecule is COC(CSc1ccc2ccc(/C=C/c3ccccc3C(F)(F)F)cc2n1)OC. The molecule has 0 N–H and O–H groups in total. The number of benzene rings is 2. The molecule has 1 aromatic heterocycles. The lowest BCUT2D eigenvalue weighted by atomic mass is 10.0. The second kappa shape index (κ2) is 9.43. The van der Waals surface area contributed by atoms with Gasteiger partial charge in [0.25, 0.3) is 0 Å². The van der Waals surface area contributed by atoms with Crippen molar-refractivity contribution in [3.8, 4) is 0 Å². The van der Waals surface area contributed by atoms with Crippen molar-refractivity contribution in [2.45, 2.75) is 17.5 Å². The van der Waals surface area contributed by atoms with E-state index in [1.807, 2.05) is 30.3 Å². The van der Waals surface area contributed by atoms with Gasteiger partial charge < -0.3 is 9.47 Å². The molecule has 0 aliphatic carbocycles. The second-order valence-electron chi connectivity index (χ2n) is 6.23. The zero-order valence-corrected chi connectivity index (χ0v) is 16.8. The van der Waals surface area contributed by atoms with Crippen LogP contribution in [0.4, 0.5) is 13.2 Å². The second-order valence-corrected chi connectivity index (χ2v) is 7.27. The Kier molecular flexibility index (Phi) is 6.95. The molecule has 0 unspecified atom stereocenters. The number of ether oxygens (including phenoxy) is 2. The third kappa shape index (κ3) is 5.59. The van der Waals surface area contributed by atoms with Gasteiger partial charge in [-0.1, -0.05) is 48.6 Å². The monoisotopic (exact) mass is 419 g/mol. The summed E-state index contributed by atoms with van der Waals surface area (Å²) in [6.07, 6.45) is -1.57. The first-order chi connectivity index (χ1) is 13.9. The number of pyridine rings is 1. The van der Waals surface area contributed by atoms with Gasteiger partial charge >= 0.3 is 6.18 Å². The maximum Gasteiger partial charge on any atom is 0.416 e. The van der Waals surface area contributed by atoms with Crippen LogP contribution in [-0.4, -0.2) is 31.2 Å². The molecule has 29 heavy (non-hydrogen) atoms. The quantitative estimate of drug-likeness (QED) is 0.262. The third-order valence-electron chi connectivity index (χ3n) is 4.31. The molecule has 0 saturated heterocycles. The summed E-state index contributed by atoms with van der Waals surface area (Å²) < 4.78 is 49.8. The molecule has 3 aromatic rings. The molecule has 0 saturated carbocycles. The van der Waals surface area contributed by atoms with Crippen molar-refractivity contribution in [2.24, 2.45) is 0 Å². The summed E-state index contributed by atoms with van der Waals surface area (Å²) in [5.41, 5.74) is 1.02. The molecule has 0 fully saturated rings. The van der Waals surface area contributed by atoms with E-state index in [2.05, 4.69) is 4.98 Å². The third-order valence-corrected chi connectivity index (χ3v) is 5.27. The first-order valence-electron chi connectivity index (χ1n) is 8.84. The van der Waals surface area contributed by atoms with Gasteiger partial charge in [0.15, 0.2) is 6.29 Å². The Morgan fingerprint density at radius 1 is 1.00 bits per heavy atom. The number of hydrogen-bond acceptors (Lipinski definition) is 4. The minimum atomic E-state index is -4.39. The smallest absolute Gasteiger partial charge is 0.355 e. The van der Waals surface area contributed by atoms with Crippen LogP contribution in [0.25, 0.3) is 23.1 Å². The Labute approximate surface area is 171 Å². The molecule has 0 radical (unpaired) electrons. The molecule has 0 aliphatic heterocycles. The van der Waals surface area contributed by atoms with E-state index in [4.69, 9.17) is 9.47 Å². The number of aromatic nitrogens is 1. The Morgan fingerprint density at radius 3 is 2.45 bits per heavy atom. The molecule has 0 aliphatic rings. The Bertz CT molecular complexity index is 1000. The fourth-order valence-electron chi connectivity index (χ4n) is 2.77. The molecule has 3 rings (SSSR count). The van der Waals surface area contributed by atoms with Crippen LogP contribution in [0.15, 0.2) is 59.6 Å². The van der Waals surface area contributed by atoms with Crippen molar-refractivity contribution in [3.05, 3.63) is 71.3 Å². The van der Waals surface area contributed by atoms with Gasteiger partial charge in [0, 0.05) is 19.6 Å². The van der Waals surface area contributed by atoms with Crippen LogP contribution >= 0.6 is 11.8 Å². The normalized spacial score (nSPS) is 12.3. The average Bonchev–Trinajstić information content (AvgIpc) is 2.72. The number of hydrogen-bond donors (Lipinski definition) is 0. The van der Waals surface area contributed by atoms with Crippen LogP contribution in [0, 0.1) is 0 Å². The topological polar surface area (TPSA) is 31.4 Å². The maximum absolute atomic E-state index is 13.1. The van der Waals surface area contributed by atoms with Crippen LogP contribution < -0.4 is 0 Å². The van der Waals surface area contributed by atoms with Crippen molar-refractivity contribution in [1.29, 1.82) is 0 Å². The summed E-state index contributed by atoms with van der Waals surface area (Å²) in [7, 11) is 3.16. The number of thioether (sulfide) groups is 1. The highest BCUT2D eigenvalue weighted by atomic mass is 32.2. The number of rotatable bonds is 7. The highest BCUT2D eigenvalue weighted by Crippen LogP contribution is 2.32. The number of fused-ring (bicyclic) bond motifs is 1. The fourth-order valence-corrected chi connectivity index (χ4v) is 3.68. The predicted molar refractivity (Wildman–Crippen MR) is 111 cm³/mol. The lowest BCUT2D eigenvalue weighted by molar-refractivity contribution is -0.137. The van der Waals surface area contributed by atoms with Gasteiger partial charge in [-0.3, -0.25) is 0 Å². The minimum absolute atomic E-state index is 0.127. The van der Waals surface area contributed by atoms with Crippen molar-refractivity contribution < 1.29 is 22.6 Å². The van der Waals surface area contributed by atoms with Gasteiger partial charge in [-0.05, 0) is 29.3 Å². The van der Waals surface area contributed by atoms with Crippen LogP contribution in [0.1, 0.15) is 16.7 Å². The van der Waals surface area contributed by atoms with Crippen LogP contribution in [0.2, 0.25) is 0 Å². The number of alkyl halides is 3. The van der Waals surface area contributed by atoms with E-state index in [1.54, 1.807) is 26.4 Å². The highest BCUT2D eigenvalue weighted by Gasteiger charge is 2.32. The largest absolute Gasteiger partial charge is 0.416 e. The zero-order valence-electron chi connectivity index (χ0n) is 15.9. The Hall–Kier alpha value is -2.35. The molecule has 0 atom stereocenters. The number of nitrogens with zero attached hydrogens (tertiary/aromatic N) is 1. The molecule has 3 nitrogen and oxygen atoms in total. The van der Waals surface area contributed by atoms with Crippen molar-refractivity contribution >= 4 is 34.8 Å². The Morgan fingerprint density at radius 2 is 1.72 bits per heavy atom. The van der Waals surface area contributed by atoms with Crippen LogP contribution in [0.5, 0.6) is 0 Å². The molecule has 7 heteroatoms. The van der Waals surface area contributed by atoms with Gasteiger partial charge in [0.05, 0.1) is 21.9 Å². The summed E-state index contributed by atoms with van der Waals surface area (Å²) in [6.45, 7) is 0. The predicted octanol–water partition coefficient (Wildman–Crippen LogP) is 6.14. The van der Waals surface area contributed by atoms with Gasteiger partial charge in [-0.2, -0.15) is 13.2 Å². The number of halogens is 3. The van der Waals surface area contributed by atoms with E-state index in [-0.39, 0.29) is 11.9 Å². The van der Waals surface area contributed by atoms with Gasteiger partial charge in [0.1, 0.15) is 0 Å². The summed E-state index contributed by atoms with van der Waals surface area (Å²) in [4.78, 5) is 4.63. The van der Waals surface area contributed by atoms with Crippen LogP contribution in [-0.2, 0) is 15.7 Å². The molecule has 152 valence electrons. The maximum atomic E-state index is 13.1. The van der Waals surface area contributed by atoms with E-state index >= 15 is 0 Å².